The molecule has 6 unspecified atom stereocenters. The first-order valence-electron chi connectivity index (χ1n) is 38.0. The Morgan fingerprint density at radius 3 is 0.676 bits per heavy atom. The Morgan fingerprint density at radius 2 is 0.454 bits per heavy atom. The van der Waals surface area contributed by atoms with E-state index in [4.69, 9.17) is 56.8 Å². The third kappa shape index (κ3) is 24.7. The zero-order chi connectivity index (χ0) is 76.3. The van der Waals surface area contributed by atoms with Crippen LogP contribution in [0, 0.1) is 13.8 Å². The number of carbonyl (C=O) groups is 6. The van der Waals surface area contributed by atoms with Gasteiger partial charge in [-0.3, -0.25) is 0 Å². The first-order chi connectivity index (χ1) is 52.2. The summed E-state index contributed by atoms with van der Waals surface area (Å²) in [4.78, 5) is 68.3. The van der Waals surface area contributed by atoms with Crippen LogP contribution >= 0.6 is 0 Å². The van der Waals surface area contributed by atoms with Gasteiger partial charge in [-0.2, -0.15) is 0 Å². The summed E-state index contributed by atoms with van der Waals surface area (Å²) < 4.78 is 66.9. The minimum atomic E-state index is -0.276. The van der Waals surface area contributed by atoms with Gasteiger partial charge in [0.15, 0.2) is 0 Å². The summed E-state index contributed by atoms with van der Waals surface area (Å²) in [5.74, 6) is 3.51. The lowest BCUT2D eigenvalue weighted by molar-refractivity contribution is -0.140. The predicted molar refractivity (Wildman–Crippen MR) is 414 cm³/mol. The third-order valence-corrected chi connectivity index (χ3v) is 19.6. The van der Waals surface area contributed by atoms with Crippen molar-refractivity contribution >= 4 is 35.8 Å². The van der Waals surface area contributed by atoms with Crippen molar-refractivity contribution in [2.24, 2.45) is 0 Å². The number of rotatable bonds is 37. The average Bonchev–Trinajstić information content (AvgIpc) is 1.25. The van der Waals surface area contributed by atoms with E-state index < -0.39 is 0 Å². The highest BCUT2D eigenvalue weighted by molar-refractivity contribution is 5.92. The van der Waals surface area contributed by atoms with Crippen LogP contribution in [-0.4, -0.2) is 112 Å². The predicted octanol–water partition coefficient (Wildman–Crippen LogP) is 18.4. The van der Waals surface area contributed by atoms with Crippen LogP contribution in [0.3, 0.4) is 0 Å². The molecule has 6 aromatic rings. The molecular formula is C90H102O18. The zero-order valence-corrected chi connectivity index (χ0v) is 62.6. The summed E-state index contributed by atoms with van der Waals surface area (Å²) in [5, 5.41) is 0. The summed E-state index contributed by atoms with van der Waals surface area (Å²) in [7, 11) is 0. The Hall–Kier alpha value is -10.6. The summed E-state index contributed by atoms with van der Waals surface area (Å²) in [6, 6.07) is 44.7. The van der Waals surface area contributed by atoms with E-state index in [-0.39, 0.29) is 72.4 Å². The molecular weight excluding hydrogens is 1370 g/mol. The van der Waals surface area contributed by atoms with Gasteiger partial charge >= 0.3 is 35.8 Å². The molecule has 6 heterocycles. The van der Waals surface area contributed by atoms with Gasteiger partial charge in [0, 0.05) is 72.0 Å². The van der Waals surface area contributed by atoms with Crippen LogP contribution in [0.2, 0.25) is 0 Å². The van der Waals surface area contributed by atoms with Crippen molar-refractivity contribution in [2.75, 3.05) is 39.6 Å². The van der Waals surface area contributed by atoms with Gasteiger partial charge in [-0.1, -0.05) is 100 Å². The first-order valence-corrected chi connectivity index (χ1v) is 38.0. The van der Waals surface area contributed by atoms with Crippen molar-refractivity contribution in [3.05, 3.63) is 217 Å². The maximum absolute atomic E-state index is 11.4. The minimum Gasteiger partial charge on any atom is -0.494 e. The summed E-state index contributed by atoms with van der Waals surface area (Å²) in [5.41, 5.74) is 12.3. The first kappa shape index (κ1) is 79.9. The molecule has 6 aliphatic heterocycles. The highest BCUT2D eigenvalue weighted by atomic mass is 16.6. The summed E-state index contributed by atoms with van der Waals surface area (Å²) >= 11 is 0. The molecule has 12 rings (SSSR count). The van der Waals surface area contributed by atoms with Gasteiger partial charge in [0.1, 0.15) is 71.1 Å². The van der Waals surface area contributed by atoms with Gasteiger partial charge in [-0.25, -0.2) is 28.8 Å². The molecule has 6 fully saturated rings. The van der Waals surface area contributed by atoms with Crippen LogP contribution in [0.15, 0.2) is 206 Å². The maximum Gasteiger partial charge on any atom is 0.333 e. The second-order valence-electron chi connectivity index (χ2n) is 28.4. The van der Waals surface area contributed by atoms with Crippen LogP contribution < -0.4 is 28.4 Å². The molecule has 6 aromatic carbocycles. The van der Waals surface area contributed by atoms with Crippen LogP contribution in [0.1, 0.15) is 152 Å². The number of carbonyl (C=O) groups excluding carboxylic acids is 6. The quantitative estimate of drug-likeness (QED) is 0.0153. The molecule has 0 N–H and O–H groups in total. The van der Waals surface area contributed by atoms with Crippen molar-refractivity contribution in [2.45, 2.75) is 192 Å². The monoisotopic (exact) mass is 1470 g/mol. The number of hydrogen-bond donors (Lipinski definition) is 0. The Labute approximate surface area is 635 Å². The second-order valence-corrected chi connectivity index (χ2v) is 28.4. The number of unbranched alkanes of at least 4 members (excludes halogenated alkanes) is 4. The molecule has 0 spiro atoms. The summed E-state index contributed by atoms with van der Waals surface area (Å²) in [6.07, 6.45) is 17.6. The van der Waals surface area contributed by atoms with E-state index in [1.807, 2.05) is 79.7 Å². The molecule has 0 amide bonds. The lowest BCUT2D eigenvalue weighted by atomic mass is 10.0. The van der Waals surface area contributed by atoms with E-state index in [1.54, 1.807) is 0 Å². The van der Waals surface area contributed by atoms with Gasteiger partial charge in [-0.05, 0) is 234 Å². The fourth-order valence-corrected chi connectivity index (χ4v) is 13.4. The minimum absolute atomic E-state index is 0.0213. The van der Waals surface area contributed by atoms with Crippen LogP contribution in [0.5, 0.6) is 34.5 Å². The summed E-state index contributed by atoms with van der Waals surface area (Å²) in [6.45, 7) is 30.1. The molecule has 570 valence electrons. The maximum atomic E-state index is 11.4. The van der Waals surface area contributed by atoms with E-state index in [0.717, 1.165) is 182 Å². The number of cyclic esters (lactones) is 6. The Balaban J connectivity index is 0.000000173. The highest BCUT2D eigenvalue weighted by Crippen LogP contribution is 2.34. The molecule has 6 atom stereocenters. The lowest BCUT2D eigenvalue weighted by Gasteiger charge is -2.13. The molecule has 0 saturated carbocycles. The van der Waals surface area contributed by atoms with Gasteiger partial charge < -0.3 is 56.8 Å². The molecule has 0 bridgehead atoms. The zero-order valence-electron chi connectivity index (χ0n) is 62.6. The third-order valence-electron chi connectivity index (χ3n) is 19.6. The molecule has 6 saturated heterocycles. The molecule has 108 heavy (non-hydrogen) atoms. The van der Waals surface area contributed by atoms with E-state index in [2.05, 4.69) is 107 Å². The fourth-order valence-electron chi connectivity index (χ4n) is 13.4. The lowest BCUT2D eigenvalue weighted by Crippen LogP contribution is -2.09. The number of esters is 6. The van der Waals surface area contributed by atoms with Gasteiger partial charge in [0.25, 0.3) is 0 Å². The average molecular weight is 1470 g/mol. The van der Waals surface area contributed by atoms with Crippen LogP contribution in [0.4, 0.5) is 0 Å². The van der Waals surface area contributed by atoms with E-state index >= 15 is 0 Å². The molecule has 0 radical (unpaired) electrons. The smallest absolute Gasteiger partial charge is 0.333 e. The topological polar surface area (TPSA) is 213 Å². The Kier molecular flexibility index (Phi) is 29.9. The van der Waals surface area contributed by atoms with Gasteiger partial charge in [-0.15, -0.1) is 0 Å². The van der Waals surface area contributed by atoms with Crippen molar-refractivity contribution in [1.82, 2.24) is 0 Å². The molecule has 18 nitrogen and oxygen atoms in total. The van der Waals surface area contributed by atoms with E-state index in [0.29, 0.717) is 112 Å². The van der Waals surface area contributed by atoms with Gasteiger partial charge in [0.2, 0.25) is 0 Å². The Morgan fingerprint density at radius 1 is 0.259 bits per heavy atom. The fraction of sp³-hybridized carbons (Fsp3) is 0.400. The second kappa shape index (κ2) is 40.4. The van der Waals surface area contributed by atoms with Crippen LogP contribution in [-0.2, 0) is 57.2 Å². The highest BCUT2D eigenvalue weighted by Gasteiger charge is 2.31. The molecule has 0 aromatic heterocycles. The number of aryl methyl sites for hydroxylation is 2. The number of benzene rings is 6. The largest absolute Gasteiger partial charge is 0.494 e. The number of hydrogen-bond acceptors (Lipinski definition) is 18. The van der Waals surface area contributed by atoms with Crippen molar-refractivity contribution < 1.29 is 85.6 Å². The number of ether oxygens (including phenoxy) is 12. The van der Waals surface area contributed by atoms with Gasteiger partial charge in [0.05, 0.1) is 39.6 Å². The molecule has 18 heteroatoms. The van der Waals surface area contributed by atoms with Crippen molar-refractivity contribution in [1.29, 1.82) is 0 Å². The van der Waals surface area contributed by atoms with Crippen molar-refractivity contribution in [3.63, 3.8) is 0 Å². The SMILES string of the molecule is C=C1CC(CCCCOc2ccc(-c3ccc(OCCCCC4CC(=C)C(=O)O4)c(C)c3)cc2)OC1=O.C=C1CC(CCCCOc2ccc(-c3ccc(OCCCCC4CC(=C)C(=O)O4)cc3)cc2)OC1=O.C=C1CC(CCCOc2ccc(-c3ccc(OCCCC4CC(=C)C(=O)O4)c(C)c3)cc2)OC1=O. The van der Waals surface area contributed by atoms with E-state index in [1.165, 1.54) is 0 Å². The normalized spacial score (nSPS) is 19.4. The standard InChI is InChI=1S/C31H36O6.C30H34O6.C29H32O6/c1-21-18-25(12-15-29(21)35-17-7-5-9-28-20-23(3)31(33)37-28)24-10-13-26(14-11-24)34-16-6-4-8-27-19-22(2)30(32)36-27;1-21-19-27(35-29(21)31)7-3-5-17-33-25-13-9-23(10-14-25)24-11-15-26(16-12-24)34-18-6-4-8-28-20-22(2)30(32)36-28;1-19-16-23(10-13-27(19)33-15-5-7-26-18-21(3)29(31)35-26)22-8-11-24(12-9-22)32-14-4-6-25-17-20(2)28(30)34-25/h10-15,18,27-28H,2-9,16-17,19-20H2,1H3;9-16,27-28H,1-8,17-20H2;8-13,16,25-26H,2-7,14-15,17-18H2,1H3. The van der Waals surface area contributed by atoms with Crippen LogP contribution in [0.25, 0.3) is 33.4 Å². The van der Waals surface area contributed by atoms with E-state index in [9.17, 15) is 28.8 Å². The molecule has 0 aliphatic carbocycles. The van der Waals surface area contributed by atoms with Crippen molar-refractivity contribution in [3.8, 4) is 67.9 Å². The Bertz CT molecular complexity index is 3960. The molecule has 6 aliphatic rings.